The molecule has 0 amide bonds. The Kier molecular flexibility index (Phi) is 11.0. The standard InChI is InChI=1S/C13H25NO3/c1-12(2)13(15)17-11-7-5-9-14-8-4-6-10-16-3/h14H,1,4-11H2,2-3H3. The summed E-state index contributed by atoms with van der Waals surface area (Å²) in [4.78, 5) is 11.0. The first-order valence-electron chi connectivity index (χ1n) is 6.20. The molecule has 0 saturated heterocycles. The van der Waals surface area contributed by atoms with Crippen LogP contribution in [0.5, 0.6) is 0 Å². The van der Waals surface area contributed by atoms with E-state index in [0.717, 1.165) is 45.4 Å². The van der Waals surface area contributed by atoms with Crippen molar-refractivity contribution in [1.29, 1.82) is 0 Å². The molecule has 0 aromatic carbocycles. The number of hydrogen-bond acceptors (Lipinski definition) is 4. The lowest BCUT2D eigenvalue weighted by atomic mass is 10.3. The molecule has 0 spiro atoms. The Labute approximate surface area is 104 Å². The fourth-order valence-corrected chi connectivity index (χ4v) is 1.26. The van der Waals surface area contributed by atoms with Crippen LogP contribution in [0.25, 0.3) is 0 Å². The van der Waals surface area contributed by atoms with Crippen LogP contribution in [-0.4, -0.2) is 39.4 Å². The molecule has 0 unspecified atom stereocenters. The first kappa shape index (κ1) is 16.1. The third-order valence-electron chi connectivity index (χ3n) is 2.28. The highest BCUT2D eigenvalue weighted by atomic mass is 16.5. The predicted molar refractivity (Wildman–Crippen MR) is 69.0 cm³/mol. The van der Waals surface area contributed by atoms with Crippen LogP contribution in [0, 0.1) is 0 Å². The van der Waals surface area contributed by atoms with E-state index in [1.807, 2.05) is 0 Å². The van der Waals surface area contributed by atoms with Gasteiger partial charge in [-0.05, 0) is 45.7 Å². The topological polar surface area (TPSA) is 47.6 Å². The van der Waals surface area contributed by atoms with E-state index >= 15 is 0 Å². The Bertz CT molecular complexity index is 217. The Morgan fingerprint density at radius 2 is 1.71 bits per heavy atom. The highest BCUT2D eigenvalue weighted by molar-refractivity contribution is 5.86. The summed E-state index contributed by atoms with van der Waals surface area (Å²) in [5.74, 6) is -0.294. The largest absolute Gasteiger partial charge is 0.462 e. The van der Waals surface area contributed by atoms with Gasteiger partial charge in [-0.2, -0.15) is 0 Å². The monoisotopic (exact) mass is 243 g/mol. The number of hydrogen-bond donors (Lipinski definition) is 1. The minimum absolute atomic E-state index is 0.294. The summed E-state index contributed by atoms with van der Waals surface area (Å²) in [6, 6.07) is 0. The maximum atomic E-state index is 11.0. The third kappa shape index (κ3) is 11.4. The summed E-state index contributed by atoms with van der Waals surface area (Å²) in [5.41, 5.74) is 0.460. The minimum Gasteiger partial charge on any atom is -0.462 e. The van der Waals surface area contributed by atoms with Crippen LogP contribution in [-0.2, 0) is 14.3 Å². The highest BCUT2D eigenvalue weighted by Crippen LogP contribution is 1.95. The van der Waals surface area contributed by atoms with Gasteiger partial charge >= 0.3 is 5.97 Å². The molecule has 0 atom stereocenters. The van der Waals surface area contributed by atoms with E-state index < -0.39 is 0 Å². The van der Waals surface area contributed by atoms with Crippen molar-refractivity contribution in [3.63, 3.8) is 0 Å². The van der Waals surface area contributed by atoms with Crippen molar-refractivity contribution in [3.05, 3.63) is 12.2 Å². The van der Waals surface area contributed by atoms with Gasteiger partial charge in [-0.3, -0.25) is 0 Å². The fourth-order valence-electron chi connectivity index (χ4n) is 1.26. The SMILES string of the molecule is C=C(C)C(=O)OCCCCNCCCCOC. The van der Waals surface area contributed by atoms with E-state index in [1.54, 1.807) is 14.0 Å². The van der Waals surface area contributed by atoms with Gasteiger partial charge in [0.05, 0.1) is 6.61 Å². The summed E-state index contributed by atoms with van der Waals surface area (Å²) < 4.78 is 9.94. The van der Waals surface area contributed by atoms with Crippen molar-refractivity contribution in [3.8, 4) is 0 Å². The van der Waals surface area contributed by atoms with Crippen LogP contribution in [0.15, 0.2) is 12.2 Å². The van der Waals surface area contributed by atoms with Gasteiger partial charge in [-0.15, -0.1) is 0 Å². The molecule has 0 bridgehead atoms. The molecule has 0 saturated carbocycles. The Balaban J connectivity index is 3.08. The zero-order chi connectivity index (χ0) is 12.9. The van der Waals surface area contributed by atoms with Gasteiger partial charge in [0.1, 0.15) is 0 Å². The van der Waals surface area contributed by atoms with Crippen molar-refractivity contribution in [1.82, 2.24) is 5.32 Å². The lowest BCUT2D eigenvalue weighted by Gasteiger charge is -2.05. The molecular weight excluding hydrogens is 218 g/mol. The van der Waals surface area contributed by atoms with Crippen LogP contribution in [0.1, 0.15) is 32.6 Å². The summed E-state index contributed by atoms with van der Waals surface area (Å²) in [7, 11) is 1.72. The average Bonchev–Trinajstić information content (AvgIpc) is 2.31. The summed E-state index contributed by atoms with van der Waals surface area (Å²) in [5, 5.41) is 3.34. The van der Waals surface area contributed by atoms with E-state index in [2.05, 4.69) is 11.9 Å². The van der Waals surface area contributed by atoms with Crippen molar-refractivity contribution >= 4 is 5.97 Å². The first-order valence-corrected chi connectivity index (χ1v) is 6.20. The number of rotatable bonds is 11. The van der Waals surface area contributed by atoms with Crippen LogP contribution in [0.4, 0.5) is 0 Å². The summed E-state index contributed by atoms with van der Waals surface area (Å²) in [6.07, 6.45) is 4.15. The maximum absolute atomic E-state index is 11.0. The van der Waals surface area contributed by atoms with Crippen molar-refractivity contribution in [2.45, 2.75) is 32.6 Å². The van der Waals surface area contributed by atoms with Gasteiger partial charge in [-0.25, -0.2) is 4.79 Å². The summed E-state index contributed by atoms with van der Waals surface area (Å²) in [6.45, 7) is 8.49. The fraction of sp³-hybridized carbons (Fsp3) is 0.769. The van der Waals surface area contributed by atoms with Crippen molar-refractivity contribution in [2.24, 2.45) is 0 Å². The normalized spacial score (nSPS) is 10.2. The van der Waals surface area contributed by atoms with E-state index in [9.17, 15) is 4.79 Å². The Hall–Kier alpha value is -0.870. The van der Waals surface area contributed by atoms with E-state index in [-0.39, 0.29) is 5.97 Å². The molecule has 0 aliphatic carbocycles. The molecule has 17 heavy (non-hydrogen) atoms. The van der Waals surface area contributed by atoms with Crippen LogP contribution in [0.3, 0.4) is 0 Å². The van der Waals surface area contributed by atoms with Gasteiger partial charge in [0.25, 0.3) is 0 Å². The number of nitrogens with one attached hydrogen (secondary N) is 1. The van der Waals surface area contributed by atoms with E-state index in [0.29, 0.717) is 12.2 Å². The number of methoxy groups -OCH3 is 1. The quantitative estimate of drug-likeness (QED) is 0.342. The van der Waals surface area contributed by atoms with Crippen LogP contribution < -0.4 is 5.32 Å². The van der Waals surface area contributed by atoms with E-state index in [1.165, 1.54) is 0 Å². The molecule has 0 fully saturated rings. The molecule has 0 aromatic rings. The molecule has 1 N–H and O–H groups in total. The van der Waals surface area contributed by atoms with Gasteiger partial charge in [0.2, 0.25) is 0 Å². The molecule has 0 radical (unpaired) electrons. The molecule has 100 valence electrons. The van der Waals surface area contributed by atoms with Gasteiger partial charge in [0, 0.05) is 19.3 Å². The molecule has 0 aromatic heterocycles. The minimum atomic E-state index is -0.294. The van der Waals surface area contributed by atoms with Crippen molar-refractivity contribution < 1.29 is 14.3 Å². The Morgan fingerprint density at radius 1 is 1.12 bits per heavy atom. The lowest BCUT2D eigenvalue weighted by molar-refractivity contribution is -0.139. The van der Waals surface area contributed by atoms with E-state index in [4.69, 9.17) is 9.47 Å². The second-order valence-electron chi connectivity index (χ2n) is 4.07. The number of esters is 1. The number of unbranched alkanes of at least 4 members (excludes halogenated alkanes) is 2. The smallest absolute Gasteiger partial charge is 0.333 e. The second kappa shape index (κ2) is 11.6. The van der Waals surface area contributed by atoms with Crippen molar-refractivity contribution in [2.75, 3.05) is 33.4 Å². The lowest BCUT2D eigenvalue weighted by Crippen LogP contribution is -2.17. The summed E-state index contributed by atoms with van der Waals surface area (Å²) >= 11 is 0. The molecular formula is C13H25NO3. The van der Waals surface area contributed by atoms with Crippen LogP contribution in [0.2, 0.25) is 0 Å². The Morgan fingerprint density at radius 3 is 2.24 bits per heavy atom. The zero-order valence-corrected chi connectivity index (χ0v) is 11.1. The molecule has 0 aliphatic rings. The number of ether oxygens (including phenoxy) is 2. The zero-order valence-electron chi connectivity index (χ0n) is 11.1. The van der Waals surface area contributed by atoms with Gasteiger partial charge < -0.3 is 14.8 Å². The predicted octanol–water partition coefficient (Wildman–Crippen LogP) is 1.90. The van der Waals surface area contributed by atoms with Crippen LogP contribution >= 0.6 is 0 Å². The first-order chi connectivity index (χ1) is 8.18. The highest BCUT2D eigenvalue weighted by Gasteiger charge is 2.01. The van der Waals surface area contributed by atoms with Gasteiger partial charge in [-0.1, -0.05) is 6.58 Å². The average molecular weight is 243 g/mol. The number of carbonyl (C=O) groups excluding carboxylic acids is 1. The molecule has 0 aliphatic heterocycles. The van der Waals surface area contributed by atoms with Gasteiger partial charge in [0.15, 0.2) is 0 Å². The molecule has 0 rings (SSSR count). The second-order valence-corrected chi connectivity index (χ2v) is 4.07. The third-order valence-corrected chi connectivity index (χ3v) is 2.28. The molecule has 0 heterocycles. The molecule has 4 nitrogen and oxygen atoms in total. The maximum Gasteiger partial charge on any atom is 0.333 e. The molecule has 4 heteroatoms. The number of carbonyl (C=O) groups is 1.